The molecule has 2 aromatic carbocycles. The molecule has 0 heterocycles. The molecule has 0 radical (unpaired) electrons. The molecule has 7 nitrogen and oxygen atoms in total. The largest absolute Gasteiger partial charge is 0.490 e. The van der Waals surface area contributed by atoms with Crippen molar-refractivity contribution in [1.82, 2.24) is 0 Å². The van der Waals surface area contributed by atoms with Crippen molar-refractivity contribution in [2.45, 2.75) is 24.7 Å². The predicted molar refractivity (Wildman–Crippen MR) is 103 cm³/mol. The molecule has 0 spiro atoms. The summed E-state index contributed by atoms with van der Waals surface area (Å²) in [6.07, 6.45) is 2.08. The van der Waals surface area contributed by atoms with Gasteiger partial charge in [-0.1, -0.05) is 25.5 Å². The number of sulfonamides is 1. The summed E-state index contributed by atoms with van der Waals surface area (Å²) >= 11 is 0. The number of ether oxygens (including phenoxy) is 2. The van der Waals surface area contributed by atoms with Crippen LogP contribution in [0.15, 0.2) is 53.4 Å². The topological polar surface area (TPSA) is 108 Å². The van der Waals surface area contributed by atoms with Gasteiger partial charge in [-0.15, -0.1) is 0 Å². The zero-order chi connectivity index (χ0) is 19.7. The molecule has 8 heteroatoms. The molecule has 0 bridgehead atoms. The highest BCUT2D eigenvalue weighted by Crippen LogP contribution is 2.17. The molecule has 0 amide bonds. The van der Waals surface area contributed by atoms with Crippen molar-refractivity contribution in [2.75, 3.05) is 25.1 Å². The molecule has 0 aliphatic carbocycles. The van der Waals surface area contributed by atoms with Gasteiger partial charge in [-0.3, -0.25) is 0 Å². The van der Waals surface area contributed by atoms with Crippen LogP contribution in [0.1, 0.15) is 30.1 Å². The zero-order valence-corrected chi connectivity index (χ0v) is 16.0. The highest BCUT2D eigenvalue weighted by molar-refractivity contribution is 7.89. The van der Waals surface area contributed by atoms with Crippen molar-refractivity contribution in [1.29, 1.82) is 0 Å². The molecular weight excluding hydrogens is 368 g/mol. The third-order valence-electron chi connectivity index (χ3n) is 3.73. The number of hydrogen-bond acceptors (Lipinski definition) is 6. The Hall–Kier alpha value is -2.58. The number of anilines is 1. The normalized spacial score (nSPS) is 11.0. The van der Waals surface area contributed by atoms with Crippen molar-refractivity contribution in [3.63, 3.8) is 0 Å². The molecule has 0 aliphatic rings. The third-order valence-corrected chi connectivity index (χ3v) is 4.66. The first-order chi connectivity index (χ1) is 12.9. The summed E-state index contributed by atoms with van der Waals surface area (Å²) in [5.41, 5.74) is 1.22. The Morgan fingerprint density at radius 3 is 2.44 bits per heavy atom. The van der Waals surface area contributed by atoms with Crippen LogP contribution in [0, 0.1) is 0 Å². The highest BCUT2D eigenvalue weighted by atomic mass is 32.2. The lowest BCUT2D eigenvalue weighted by Crippen LogP contribution is -2.15. The number of hydrogen-bond donors (Lipinski definition) is 2. The maximum Gasteiger partial charge on any atom is 0.340 e. The molecule has 3 N–H and O–H groups in total. The third kappa shape index (κ3) is 6.58. The summed E-state index contributed by atoms with van der Waals surface area (Å²) in [5.74, 6) is 0.0304. The van der Waals surface area contributed by atoms with E-state index in [1.807, 2.05) is 12.1 Å². The first-order valence-corrected chi connectivity index (χ1v) is 10.2. The van der Waals surface area contributed by atoms with E-state index in [0.29, 0.717) is 11.3 Å². The van der Waals surface area contributed by atoms with Crippen molar-refractivity contribution < 1.29 is 22.7 Å². The number of benzene rings is 2. The molecule has 0 unspecified atom stereocenters. The highest BCUT2D eigenvalue weighted by Gasteiger charge is 2.12. The van der Waals surface area contributed by atoms with Gasteiger partial charge in [0.15, 0.2) is 0 Å². The summed E-state index contributed by atoms with van der Waals surface area (Å²) in [4.78, 5) is 12.3. The van der Waals surface area contributed by atoms with Crippen LogP contribution in [-0.4, -0.2) is 34.1 Å². The average molecular weight is 392 g/mol. The summed E-state index contributed by atoms with van der Waals surface area (Å²) in [5, 5.41) is 8.27. The summed E-state index contributed by atoms with van der Waals surface area (Å²) in [7, 11) is -3.73. The van der Waals surface area contributed by atoms with Crippen LogP contribution in [0.5, 0.6) is 5.75 Å². The van der Waals surface area contributed by atoms with E-state index in [4.69, 9.17) is 14.6 Å². The van der Waals surface area contributed by atoms with Gasteiger partial charge >= 0.3 is 5.97 Å². The van der Waals surface area contributed by atoms with Gasteiger partial charge in [0.05, 0.1) is 10.5 Å². The molecule has 2 aromatic rings. The van der Waals surface area contributed by atoms with Gasteiger partial charge < -0.3 is 14.8 Å². The Labute approximate surface area is 159 Å². The lowest BCUT2D eigenvalue weighted by Gasteiger charge is -2.12. The van der Waals surface area contributed by atoms with Gasteiger partial charge in [0.2, 0.25) is 10.0 Å². The van der Waals surface area contributed by atoms with Gasteiger partial charge in [0, 0.05) is 12.2 Å². The predicted octanol–water partition coefficient (Wildman–Crippen LogP) is 2.78. The van der Waals surface area contributed by atoms with Crippen LogP contribution >= 0.6 is 0 Å². The van der Waals surface area contributed by atoms with Crippen LogP contribution in [0.4, 0.5) is 5.69 Å². The minimum absolute atomic E-state index is 0.00783. The van der Waals surface area contributed by atoms with Crippen molar-refractivity contribution in [3.8, 4) is 5.75 Å². The lowest BCUT2D eigenvalue weighted by molar-refractivity contribution is 0.0451. The fraction of sp³-hybridized carbons (Fsp3) is 0.316. The van der Waals surface area contributed by atoms with E-state index in [1.54, 1.807) is 12.1 Å². The second-order valence-electron chi connectivity index (χ2n) is 5.83. The van der Waals surface area contributed by atoms with Crippen LogP contribution in [-0.2, 0) is 14.8 Å². The zero-order valence-electron chi connectivity index (χ0n) is 15.2. The second-order valence-corrected chi connectivity index (χ2v) is 7.39. The number of nitrogens with two attached hydrogens (primary N) is 1. The van der Waals surface area contributed by atoms with Crippen LogP contribution in [0.2, 0.25) is 0 Å². The summed E-state index contributed by atoms with van der Waals surface area (Å²) in [6.45, 7) is 3.10. The Bertz CT molecular complexity index is 851. The summed E-state index contributed by atoms with van der Waals surface area (Å²) < 4.78 is 33.1. The number of carbonyl (C=O) groups is 1. The van der Waals surface area contributed by atoms with E-state index < -0.39 is 16.0 Å². The Kier molecular flexibility index (Phi) is 7.63. The number of carbonyl (C=O) groups excluding carboxylic acids is 1. The SMILES string of the molecule is CCCCNc1ccccc1C(=O)OCCOc1ccc(S(N)(=O)=O)cc1. The summed E-state index contributed by atoms with van der Waals surface area (Å²) in [6, 6.07) is 12.9. The van der Waals surface area contributed by atoms with Gasteiger partial charge in [0.1, 0.15) is 19.0 Å². The van der Waals surface area contributed by atoms with Gasteiger partial charge in [-0.25, -0.2) is 18.4 Å². The minimum Gasteiger partial charge on any atom is -0.490 e. The molecule has 0 saturated carbocycles. The number of esters is 1. The fourth-order valence-electron chi connectivity index (χ4n) is 2.31. The van der Waals surface area contributed by atoms with Crippen LogP contribution < -0.4 is 15.2 Å². The van der Waals surface area contributed by atoms with E-state index >= 15 is 0 Å². The number of para-hydroxylation sites is 1. The van der Waals surface area contributed by atoms with E-state index in [0.717, 1.165) is 25.1 Å². The van der Waals surface area contributed by atoms with E-state index in [-0.39, 0.29) is 18.1 Å². The number of unbranched alkanes of at least 4 members (excludes halogenated alkanes) is 1. The van der Waals surface area contributed by atoms with Gasteiger partial charge in [-0.2, -0.15) is 0 Å². The molecule has 146 valence electrons. The van der Waals surface area contributed by atoms with Crippen molar-refractivity contribution in [3.05, 3.63) is 54.1 Å². The van der Waals surface area contributed by atoms with E-state index in [2.05, 4.69) is 12.2 Å². The number of primary sulfonamides is 1. The molecular formula is C19H24N2O5S. The van der Waals surface area contributed by atoms with Crippen LogP contribution in [0.25, 0.3) is 0 Å². The first-order valence-electron chi connectivity index (χ1n) is 8.67. The minimum atomic E-state index is -3.73. The number of rotatable bonds is 10. The van der Waals surface area contributed by atoms with E-state index in [1.165, 1.54) is 24.3 Å². The van der Waals surface area contributed by atoms with Crippen LogP contribution in [0.3, 0.4) is 0 Å². The molecule has 0 aliphatic heterocycles. The Morgan fingerprint density at radius 2 is 1.78 bits per heavy atom. The lowest BCUT2D eigenvalue weighted by atomic mass is 10.1. The van der Waals surface area contributed by atoms with Crippen molar-refractivity contribution in [2.24, 2.45) is 5.14 Å². The molecule has 27 heavy (non-hydrogen) atoms. The second kappa shape index (κ2) is 9.94. The van der Waals surface area contributed by atoms with Crippen molar-refractivity contribution >= 4 is 21.7 Å². The average Bonchev–Trinajstić information content (AvgIpc) is 2.65. The molecule has 0 aromatic heterocycles. The number of nitrogens with one attached hydrogen (secondary N) is 1. The standard InChI is InChI=1S/C19H24N2O5S/c1-2-3-12-21-18-7-5-4-6-17(18)19(22)26-14-13-25-15-8-10-16(11-9-15)27(20,23)24/h4-11,21H,2-3,12-14H2,1H3,(H2,20,23,24). The first kappa shape index (κ1) is 20.7. The maximum absolute atomic E-state index is 12.3. The Morgan fingerprint density at radius 1 is 1.07 bits per heavy atom. The fourth-order valence-corrected chi connectivity index (χ4v) is 2.83. The Balaban J connectivity index is 1.83. The smallest absolute Gasteiger partial charge is 0.340 e. The van der Waals surface area contributed by atoms with E-state index in [9.17, 15) is 13.2 Å². The molecule has 0 fully saturated rings. The van der Waals surface area contributed by atoms with Gasteiger partial charge in [-0.05, 0) is 42.8 Å². The molecule has 2 rings (SSSR count). The maximum atomic E-state index is 12.3. The molecule has 0 saturated heterocycles. The quantitative estimate of drug-likeness (QED) is 0.475. The monoisotopic (exact) mass is 392 g/mol. The van der Waals surface area contributed by atoms with Gasteiger partial charge in [0.25, 0.3) is 0 Å². The molecule has 0 atom stereocenters.